The van der Waals surface area contributed by atoms with Crippen LogP contribution in [0.5, 0.6) is 0 Å². The Morgan fingerprint density at radius 3 is 2.70 bits per heavy atom. The van der Waals surface area contributed by atoms with Gasteiger partial charge in [-0.05, 0) is 26.2 Å². The van der Waals surface area contributed by atoms with Gasteiger partial charge in [-0.25, -0.2) is 13.1 Å². The van der Waals surface area contributed by atoms with Gasteiger partial charge in [0.25, 0.3) is 10.0 Å². The summed E-state index contributed by atoms with van der Waals surface area (Å²) in [5.74, 6) is -0.0471. The van der Waals surface area contributed by atoms with Crippen LogP contribution in [0.25, 0.3) is 0 Å². The van der Waals surface area contributed by atoms with Gasteiger partial charge in [-0.2, -0.15) is 0 Å². The van der Waals surface area contributed by atoms with E-state index in [1.807, 2.05) is 0 Å². The first-order valence-electron chi connectivity index (χ1n) is 6.37. The number of aryl methyl sites for hydroxylation is 1. The third kappa shape index (κ3) is 4.15. The lowest BCUT2D eigenvalue weighted by Gasteiger charge is -2.06. The van der Waals surface area contributed by atoms with Crippen LogP contribution in [0.2, 0.25) is 0 Å². The molecule has 112 valence electrons. The van der Waals surface area contributed by atoms with Gasteiger partial charge in [0.15, 0.2) is 4.21 Å². The Morgan fingerprint density at radius 2 is 2.15 bits per heavy atom. The smallest absolute Gasteiger partial charge is 0.305 e. The number of aromatic nitrogens is 1. The van der Waals surface area contributed by atoms with Crippen molar-refractivity contribution in [3.05, 3.63) is 15.4 Å². The van der Waals surface area contributed by atoms with Crippen LogP contribution in [-0.4, -0.2) is 31.9 Å². The molecule has 3 N–H and O–H groups in total. The van der Waals surface area contributed by atoms with Gasteiger partial charge >= 0.3 is 4.87 Å². The van der Waals surface area contributed by atoms with E-state index in [0.717, 1.165) is 12.8 Å². The molecule has 1 aliphatic rings. The topological polar surface area (TPSA) is 108 Å². The van der Waals surface area contributed by atoms with Crippen LogP contribution < -0.4 is 14.9 Å². The zero-order valence-electron chi connectivity index (χ0n) is 11.1. The molecule has 0 spiro atoms. The number of nitrogens with one attached hydrogen (secondary N) is 3. The van der Waals surface area contributed by atoms with Crippen molar-refractivity contribution in [1.29, 1.82) is 0 Å². The van der Waals surface area contributed by atoms with Crippen LogP contribution in [-0.2, 0) is 14.8 Å². The number of carbonyl (C=O) groups is 1. The molecule has 0 atom stereocenters. The quantitative estimate of drug-likeness (QED) is 0.619. The minimum absolute atomic E-state index is 0.00457. The first kappa shape index (κ1) is 15.2. The summed E-state index contributed by atoms with van der Waals surface area (Å²) in [5, 5.41) is 2.84. The number of hydrogen-bond acceptors (Lipinski definition) is 5. The Bertz CT molecular complexity index is 643. The Kier molecular flexibility index (Phi) is 4.61. The van der Waals surface area contributed by atoms with Gasteiger partial charge in [0, 0.05) is 24.7 Å². The third-order valence-electron chi connectivity index (χ3n) is 2.84. The summed E-state index contributed by atoms with van der Waals surface area (Å²) in [6.45, 7) is 1.71. The van der Waals surface area contributed by atoms with E-state index >= 15 is 0 Å². The highest BCUT2D eigenvalue weighted by atomic mass is 32.2. The molecule has 2 rings (SSSR count). The Labute approximate surface area is 120 Å². The maximum absolute atomic E-state index is 11.9. The van der Waals surface area contributed by atoms with Crippen molar-refractivity contribution in [2.75, 3.05) is 6.54 Å². The number of rotatable bonds is 7. The third-order valence-corrected chi connectivity index (χ3v) is 5.91. The van der Waals surface area contributed by atoms with Gasteiger partial charge in [-0.15, -0.1) is 0 Å². The summed E-state index contributed by atoms with van der Waals surface area (Å²) in [5.41, 5.74) is 0.332. The lowest BCUT2D eigenvalue weighted by Crippen LogP contribution is -2.28. The normalized spacial score (nSPS) is 15.2. The van der Waals surface area contributed by atoms with Crippen molar-refractivity contribution in [2.24, 2.45) is 0 Å². The van der Waals surface area contributed by atoms with Crippen LogP contribution in [0.15, 0.2) is 9.00 Å². The number of amides is 1. The number of sulfonamides is 1. The van der Waals surface area contributed by atoms with E-state index in [1.54, 1.807) is 0 Å². The molecule has 1 fully saturated rings. The minimum Gasteiger partial charge on any atom is -0.353 e. The second-order valence-corrected chi connectivity index (χ2v) is 7.72. The van der Waals surface area contributed by atoms with Gasteiger partial charge < -0.3 is 10.3 Å². The molecule has 20 heavy (non-hydrogen) atoms. The zero-order valence-corrected chi connectivity index (χ0v) is 12.7. The van der Waals surface area contributed by atoms with Crippen molar-refractivity contribution in [1.82, 2.24) is 15.0 Å². The Balaban J connectivity index is 1.79. The predicted octanol–water partition coefficient (Wildman–Crippen LogP) is 0.0819. The summed E-state index contributed by atoms with van der Waals surface area (Å²) in [7, 11) is -3.67. The van der Waals surface area contributed by atoms with E-state index in [0.29, 0.717) is 35.9 Å². The summed E-state index contributed by atoms with van der Waals surface area (Å²) in [4.78, 5) is 24.6. The average Bonchev–Trinajstić information content (AvgIpc) is 3.08. The fraction of sp³-hybridized carbons (Fsp3) is 0.636. The maximum Gasteiger partial charge on any atom is 0.305 e. The van der Waals surface area contributed by atoms with Crippen LogP contribution >= 0.6 is 11.3 Å². The molecule has 0 saturated heterocycles. The van der Waals surface area contributed by atoms with Gasteiger partial charge in [0.05, 0.1) is 0 Å². The second kappa shape index (κ2) is 6.06. The lowest BCUT2D eigenvalue weighted by molar-refractivity contribution is -0.121. The number of carbonyl (C=O) groups excluding carboxylic acids is 1. The van der Waals surface area contributed by atoms with Crippen molar-refractivity contribution in [3.8, 4) is 0 Å². The molecule has 1 aromatic rings. The SMILES string of the molecule is Cc1[nH]c(=O)sc1S(=O)(=O)NCCCC(=O)NC1CC1. The van der Waals surface area contributed by atoms with Gasteiger partial charge in [0.1, 0.15) is 0 Å². The van der Waals surface area contributed by atoms with E-state index < -0.39 is 14.9 Å². The van der Waals surface area contributed by atoms with Crippen LogP contribution in [0.1, 0.15) is 31.4 Å². The summed E-state index contributed by atoms with van der Waals surface area (Å²) in [6, 6.07) is 0.318. The second-order valence-electron chi connectivity index (χ2n) is 4.77. The predicted molar refractivity (Wildman–Crippen MR) is 75.3 cm³/mol. The average molecular weight is 319 g/mol. The molecule has 0 aromatic carbocycles. The number of hydrogen-bond donors (Lipinski definition) is 3. The molecule has 1 heterocycles. The highest BCUT2D eigenvalue weighted by molar-refractivity contribution is 7.91. The van der Waals surface area contributed by atoms with Crippen molar-refractivity contribution < 1.29 is 13.2 Å². The highest BCUT2D eigenvalue weighted by Crippen LogP contribution is 2.18. The molecule has 0 unspecified atom stereocenters. The van der Waals surface area contributed by atoms with E-state index in [2.05, 4.69) is 15.0 Å². The van der Waals surface area contributed by atoms with Crippen molar-refractivity contribution in [3.63, 3.8) is 0 Å². The Morgan fingerprint density at radius 1 is 1.45 bits per heavy atom. The zero-order chi connectivity index (χ0) is 14.8. The van der Waals surface area contributed by atoms with E-state index in [9.17, 15) is 18.0 Å². The molecular weight excluding hydrogens is 302 g/mol. The standard InChI is InChI=1S/C11H17N3O4S2/c1-7-10(19-11(16)13-7)20(17,18)12-6-2-3-9(15)14-8-4-5-8/h8,12H,2-6H2,1H3,(H,13,16)(H,14,15). The molecule has 1 saturated carbocycles. The highest BCUT2D eigenvalue weighted by Gasteiger charge is 2.23. The summed E-state index contributed by atoms with van der Waals surface area (Å²) >= 11 is 0.661. The first-order chi connectivity index (χ1) is 9.38. The maximum atomic E-state index is 11.9. The molecule has 0 aliphatic heterocycles. The molecule has 0 bridgehead atoms. The minimum atomic E-state index is -3.67. The number of H-pyrrole nitrogens is 1. The van der Waals surface area contributed by atoms with Gasteiger partial charge in [-0.3, -0.25) is 9.59 Å². The van der Waals surface area contributed by atoms with Gasteiger partial charge in [0.2, 0.25) is 5.91 Å². The molecule has 7 nitrogen and oxygen atoms in total. The van der Waals surface area contributed by atoms with Crippen molar-refractivity contribution >= 4 is 27.3 Å². The van der Waals surface area contributed by atoms with E-state index in [4.69, 9.17) is 0 Å². The Hall–Kier alpha value is -1.19. The molecule has 1 aliphatic carbocycles. The van der Waals surface area contributed by atoms with Crippen LogP contribution in [0, 0.1) is 6.92 Å². The van der Waals surface area contributed by atoms with Crippen LogP contribution in [0.4, 0.5) is 0 Å². The summed E-state index contributed by atoms with van der Waals surface area (Å²) in [6.07, 6.45) is 2.78. The fourth-order valence-electron chi connectivity index (χ4n) is 1.70. The first-order valence-corrected chi connectivity index (χ1v) is 8.67. The molecule has 1 amide bonds. The van der Waals surface area contributed by atoms with Gasteiger partial charge in [-0.1, -0.05) is 11.3 Å². The molecule has 1 aromatic heterocycles. The lowest BCUT2D eigenvalue weighted by atomic mass is 10.3. The van der Waals surface area contributed by atoms with E-state index in [-0.39, 0.29) is 16.7 Å². The number of aromatic amines is 1. The monoisotopic (exact) mass is 319 g/mol. The van der Waals surface area contributed by atoms with Crippen LogP contribution in [0.3, 0.4) is 0 Å². The molecule has 0 radical (unpaired) electrons. The van der Waals surface area contributed by atoms with Crippen molar-refractivity contribution in [2.45, 2.75) is 42.9 Å². The molecular formula is C11H17N3O4S2. The number of thiazole rings is 1. The molecule has 9 heteroatoms. The largest absolute Gasteiger partial charge is 0.353 e. The summed E-state index contributed by atoms with van der Waals surface area (Å²) < 4.78 is 26.3. The fourth-order valence-corrected chi connectivity index (χ4v) is 4.11. The van der Waals surface area contributed by atoms with E-state index in [1.165, 1.54) is 6.92 Å².